The zero-order valence-electron chi connectivity index (χ0n) is 14.2. The van der Waals surface area contributed by atoms with Gasteiger partial charge in [0, 0.05) is 44.8 Å². The molecule has 3 aliphatic rings. The lowest BCUT2D eigenvalue weighted by Crippen LogP contribution is -2.61. The zero-order valence-corrected chi connectivity index (χ0v) is 14.2. The van der Waals surface area contributed by atoms with Crippen LogP contribution in [0, 0.1) is 17.8 Å². The van der Waals surface area contributed by atoms with Gasteiger partial charge in [-0.3, -0.25) is 4.90 Å². The van der Waals surface area contributed by atoms with Gasteiger partial charge in [0.2, 0.25) is 0 Å². The van der Waals surface area contributed by atoms with E-state index in [4.69, 9.17) is 5.73 Å². The van der Waals surface area contributed by atoms with E-state index in [1.54, 1.807) is 0 Å². The van der Waals surface area contributed by atoms with Gasteiger partial charge in [-0.2, -0.15) is 0 Å². The molecule has 0 radical (unpaired) electrons. The third-order valence-corrected chi connectivity index (χ3v) is 6.54. The highest BCUT2D eigenvalue weighted by Crippen LogP contribution is 2.39. The maximum absolute atomic E-state index is 6.26. The Bertz CT molecular complexity index is 321. The van der Waals surface area contributed by atoms with E-state index in [1.165, 1.54) is 71.2 Å². The van der Waals surface area contributed by atoms with Gasteiger partial charge in [-0.1, -0.05) is 13.8 Å². The van der Waals surface area contributed by atoms with Gasteiger partial charge in [-0.05, 0) is 56.3 Å². The highest BCUT2D eigenvalue weighted by Gasteiger charge is 2.41. The predicted molar refractivity (Wildman–Crippen MR) is 89.3 cm³/mol. The third kappa shape index (κ3) is 3.62. The Morgan fingerprint density at radius 3 is 2.10 bits per heavy atom. The topological polar surface area (TPSA) is 32.5 Å². The lowest BCUT2D eigenvalue weighted by Gasteiger charge is -2.51. The summed E-state index contributed by atoms with van der Waals surface area (Å²) in [5.74, 6) is 2.80. The van der Waals surface area contributed by atoms with E-state index in [-0.39, 0.29) is 0 Å². The second kappa shape index (κ2) is 6.55. The van der Waals surface area contributed by atoms with Crippen LogP contribution in [-0.4, -0.2) is 54.6 Å². The Balaban J connectivity index is 1.52. The fourth-order valence-electron chi connectivity index (χ4n) is 4.56. The monoisotopic (exact) mass is 293 g/mol. The molecule has 0 bridgehead atoms. The Labute approximate surface area is 131 Å². The van der Waals surface area contributed by atoms with Gasteiger partial charge in [0.1, 0.15) is 0 Å². The Morgan fingerprint density at radius 1 is 1.00 bits per heavy atom. The molecular formula is C18H35N3. The van der Waals surface area contributed by atoms with E-state index >= 15 is 0 Å². The van der Waals surface area contributed by atoms with Crippen molar-refractivity contribution in [2.24, 2.45) is 23.5 Å². The molecule has 0 aromatic rings. The fourth-order valence-corrected chi connectivity index (χ4v) is 4.56. The molecule has 2 aliphatic carbocycles. The predicted octanol–water partition coefficient (Wildman–Crippen LogP) is 2.56. The molecule has 1 aliphatic heterocycles. The Hall–Kier alpha value is -0.120. The summed E-state index contributed by atoms with van der Waals surface area (Å²) in [5.41, 5.74) is 6.59. The first-order chi connectivity index (χ1) is 10.1. The summed E-state index contributed by atoms with van der Waals surface area (Å²) in [6.07, 6.45) is 8.38. The van der Waals surface area contributed by atoms with Crippen LogP contribution in [0.2, 0.25) is 0 Å². The van der Waals surface area contributed by atoms with E-state index in [2.05, 4.69) is 23.6 Å². The van der Waals surface area contributed by atoms with Crippen LogP contribution in [0.1, 0.15) is 52.4 Å². The third-order valence-electron chi connectivity index (χ3n) is 6.54. The lowest BCUT2D eigenvalue weighted by atomic mass is 9.72. The number of piperazine rings is 1. The molecule has 3 nitrogen and oxygen atoms in total. The molecular weight excluding hydrogens is 258 g/mol. The second-order valence-electron chi connectivity index (χ2n) is 8.24. The number of nitrogens with zero attached hydrogens (tertiary/aromatic N) is 2. The van der Waals surface area contributed by atoms with E-state index in [0.29, 0.717) is 5.54 Å². The first kappa shape index (κ1) is 15.8. The first-order valence-corrected chi connectivity index (χ1v) is 9.30. The average Bonchev–Trinajstić information content (AvgIpc) is 3.32. The first-order valence-electron chi connectivity index (χ1n) is 9.30. The molecule has 0 atom stereocenters. The summed E-state index contributed by atoms with van der Waals surface area (Å²) in [6, 6.07) is 0. The molecule has 3 rings (SSSR count). The highest BCUT2D eigenvalue weighted by atomic mass is 15.3. The van der Waals surface area contributed by atoms with Crippen molar-refractivity contribution < 1.29 is 0 Å². The van der Waals surface area contributed by atoms with E-state index in [9.17, 15) is 0 Å². The maximum Gasteiger partial charge on any atom is 0.0333 e. The Kier molecular flexibility index (Phi) is 4.92. The maximum atomic E-state index is 6.26. The largest absolute Gasteiger partial charge is 0.329 e. The summed E-state index contributed by atoms with van der Waals surface area (Å²) in [7, 11) is 0. The van der Waals surface area contributed by atoms with E-state index < -0.39 is 0 Å². The van der Waals surface area contributed by atoms with E-state index in [1.807, 2.05) is 0 Å². The molecule has 1 saturated heterocycles. The van der Waals surface area contributed by atoms with Gasteiger partial charge in [-0.25, -0.2) is 0 Å². The van der Waals surface area contributed by atoms with Crippen LogP contribution < -0.4 is 5.73 Å². The van der Waals surface area contributed by atoms with Crippen molar-refractivity contribution in [3.63, 3.8) is 0 Å². The normalized spacial score (nSPS) is 36.3. The molecule has 0 spiro atoms. The second-order valence-corrected chi connectivity index (χ2v) is 8.24. The molecule has 0 unspecified atom stereocenters. The molecule has 122 valence electrons. The van der Waals surface area contributed by atoms with Crippen LogP contribution in [-0.2, 0) is 0 Å². The quantitative estimate of drug-likeness (QED) is 0.845. The van der Waals surface area contributed by atoms with Gasteiger partial charge in [0.25, 0.3) is 0 Å². The summed E-state index contributed by atoms with van der Waals surface area (Å²) < 4.78 is 0. The van der Waals surface area contributed by atoms with Crippen LogP contribution in [0.15, 0.2) is 0 Å². The molecule has 2 N–H and O–H groups in total. The zero-order chi connectivity index (χ0) is 14.9. The molecule has 0 aromatic heterocycles. The molecule has 3 heteroatoms. The van der Waals surface area contributed by atoms with Crippen molar-refractivity contribution in [3.05, 3.63) is 0 Å². The minimum atomic E-state index is 0.330. The van der Waals surface area contributed by atoms with Crippen molar-refractivity contribution in [1.29, 1.82) is 0 Å². The molecule has 2 saturated carbocycles. The van der Waals surface area contributed by atoms with Crippen molar-refractivity contribution in [2.75, 3.05) is 39.3 Å². The summed E-state index contributed by atoms with van der Waals surface area (Å²) in [4.78, 5) is 5.45. The van der Waals surface area contributed by atoms with Gasteiger partial charge < -0.3 is 10.6 Å². The van der Waals surface area contributed by atoms with Gasteiger partial charge in [-0.15, -0.1) is 0 Å². The van der Waals surface area contributed by atoms with Crippen LogP contribution in [0.4, 0.5) is 0 Å². The standard InChI is InChI=1S/C18H35N3/c1-15(2)17-5-7-18(14-19,8-6-17)21-11-9-20(10-12-21)13-16-3-4-16/h15-17H,3-14,19H2,1-2H3. The molecule has 21 heavy (non-hydrogen) atoms. The smallest absolute Gasteiger partial charge is 0.0333 e. The fraction of sp³-hybridized carbons (Fsp3) is 1.00. The minimum absolute atomic E-state index is 0.330. The van der Waals surface area contributed by atoms with Crippen molar-refractivity contribution in [3.8, 4) is 0 Å². The van der Waals surface area contributed by atoms with Crippen molar-refractivity contribution >= 4 is 0 Å². The molecule has 0 amide bonds. The number of rotatable bonds is 5. The summed E-state index contributed by atoms with van der Waals surface area (Å²) in [5, 5.41) is 0. The lowest BCUT2D eigenvalue weighted by molar-refractivity contribution is -0.00164. The molecule has 3 fully saturated rings. The van der Waals surface area contributed by atoms with Crippen LogP contribution in [0.3, 0.4) is 0 Å². The average molecular weight is 293 g/mol. The number of nitrogens with two attached hydrogens (primary N) is 1. The van der Waals surface area contributed by atoms with Crippen molar-refractivity contribution in [2.45, 2.75) is 57.9 Å². The van der Waals surface area contributed by atoms with Crippen LogP contribution in [0.25, 0.3) is 0 Å². The molecule has 1 heterocycles. The van der Waals surface area contributed by atoms with Crippen LogP contribution >= 0.6 is 0 Å². The SMILES string of the molecule is CC(C)C1CCC(CN)(N2CCN(CC3CC3)CC2)CC1. The Morgan fingerprint density at radius 2 is 1.62 bits per heavy atom. The summed E-state index contributed by atoms with van der Waals surface area (Å²) in [6.45, 7) is 12.0. The minimum Gasteiger partial charge on any atom is -0.329 e. The van der Waals surface area contributed by atoms with Crippen LogP contribution in [0.5, 0.6) is 0 Å². The van der Waals surface area contributed by atoms with Gasteiger partial charge >= 0.3 is 0 Å². The van der Waals surface area contributed by atoms with Gasteiger partial charge in [0.05, 0.1) is 0 Å². The van der Waals surface area contributed by atoms with Gasteiger partial charge in [0.15, 0.2) is 0 Å². The van der Waals surface area contributed by atoms with Crippen molar-refractivity contribution in [1.82, 2.24) is 9.80 Å². The summed E-state index contributed by atoms with van der Waals surface area (Å²) >= 11 is 0. The van der Waals surface area contributed by atoms with E-state index in [0.717, 1.165) is 24.3 Å². The number of hydrogen-bond donors (Lipinski definition) is 1. The number of hydrogen-bond acceptors (Lipinski definition) is 3. The molecule has 0 aromatic carbocycles. The highest BCUT2D eigenvalue weighted by molar-refractivity contribution is 4.98.